The van der Waals surface area contributed by atoms with Crippen LogP contribution in [0.4, 0.5) is 4.39 Å². The lowest BCUT2D eigenvalue weighted by Gasteiger charge is -2.24. The fraction of sp³-hybridized carbons (Fsp3) is 0.381. The van der Waals surface area contributed by atoms with Crippen molar-refractivity contribution in [1.29, 1.82) is 0 Å². The maximum absolute atomic E-state index is 13.6. The van der Waals surface area contributed by atoms with Crippen LogP contribution in [-0.4, -0.2) is 30.7 Å². The van der Waals surface area contributed by atoms with Crippen LogP contribution in [0.5, 0.6) is 11.5 Å². The van der Waals surface area contributed by atoms with E-state index in [1.807, 2.05) is 24.3 Å². The van der Waals surface area contributed by atoms with Crippen LogP contribution in [0.2, 0.25) is 0 Å². The average molecular weight is 370 g/mol. The maximum Gasteiger partial charge on any atom is 0.231 e. The first kappa shape index (κ1) is 17.8. The number of halogens is 1. The first-order valence-corrected chi connectivity index (χ1v) is 9.29. The number of hydrogen-bond donors (Lipinski definition) is 1. The standard InChI is InChI=1S/C21H23FN2O3/c22-18-3-1-2-16(8-18)12-24(21(25)10-15-6-7-23-11-15)13-17-4-5-19-20(9-17)27-14-26-19/h1-5,8-9,15,23H,6-7,10-14H2/t15-/m1/s1. The van der Waals surface area contributed by atoms with E-state index in [1.165, 1.54) is 12.1 Å². The molecule has 1 saturated heterocycles. The minimum atomic E-state index is -0.289. The molecule has 0 aromatic heterocycles. The minimum Gasteiger partial charge on any atom is -0.454 e. The van der Waals surface area contributed by atoms with E-state index in [1.54, 1.807) is 11.0 Å². The van der Waals surface area contributed by atoms with Gasteiger partial charge in [0.05, 0.1) is 0 Å². The third kappa shape index (κ3) is 4.39. The molecule has 1 atom stereocenters. The second-order valence-electron chi connectivity index (χ2n) is 7.13. The highest BCUT2D eigenvalue weighted by molar-refractivity contribution is 5.76. The number of hydrogen-bond acceptors (Lipinski definition) is 4. The number of benzene rings is 2. The summed E-state index contributed by atoms with van der Waals surface area (Å²) in [4.78, 5) is 14.8. The molecule has 1 fully saturated rings. The first-order valence-electron chi connectivity index (χ1n) is 9.29. The van der Waals surface area contributed by atoms with Gasteiger partial charge < -0.3 is 19.7 Å². The topological polar surface area (TPSA) is 50.8 Å². The number of rotatable bonds is 6. The van der Waals surface area contributed by atoms with Gasteiger partial charge >= 0.3 is 0 Å². The summed E-state index contributed by atoms with van der Waals surface area (Å²) in [7, 11) is 0. The number of nitrogens with one attached hydrogen (secondary N) is 1. The lowest BCUT2D eigenvalue weighted by atomic mass is 10.0. The predicted molar refractivity (Wildman–Crippen MR) is 98.8 cm³/mol. The molecule has 4 rings (SSSR count). The molecule has 2 aromatic carbocycles. The largest absolute Gasteiger partial charge is 0.454 e. The van der Waals surface area contributed by atoms with Crippen LogP contribution >= 0.6 is 0 Å². The third-order valence-corrected chi connectivity index (χ3v) is 5.05. The lowest BCUT2D eigenvalue weighted by Crippen LogP contribution is -2.32. The van der Waals surface area contributed by atoms with Gasteiger partial charge in [-0.3, -0.25) is 4.79 Å². The van der Waals surface area contributed by atoms with Crippen LogP contribution in [-0.2, 0) is 17.9 Å². The number of carbonyl (C=O) groups is 1. The van der Waals surface area contributed by atoms with Gasteiger partial charge in [-0.1, -0.05) is 18.2 Å². The van der Waals surface area contributed by atoms with E-state index in [-0.39, 0.29) is 18.5 Å². The number of nitrogens with zero attached hydrogens (tertiary/aromatic N) is 1. The molecule has 0 unspecified atom stereocenters. The smallest absolute Gasteiger partial charge is 0.231 e. The Labute approximate surface area is 158 Å². The summed E-state index contributed by atoms with van der Waals surface area (Å²) in [5.74, 6) is 1.59. The second kappa shape index (κ2) is 7.96. The molecule has 1 N–H and O–H groups in total. The fourth-order valence-electron chi connectivity index (χ4n) is 3.61. The summed E-state index contributed by atoms with van der Waals surface area (Å²) in [6.07, 6.45) is 1.52. The Morgan fingerprint density at radius 2 is 1.93 bits per heavy atom. The summed E-state index contributed by atoms with van der Waals surface area (Å²) in [6, 6.07) is 12.1. The highest BCUT2D eigenvalue weighted by atomic mass is 19.1. The molecular formula is C21H23FN2O3. The highest BCUT2D eigenvalue weighted by Gasteiger charge is 2.23. The van der Waals surface area contributed by atoms with Crippen LogP contribution < -0.4 is 14.8 Å². The van der Waals surface area contributed by atoms with Crippen LogP contribution in [0.25, 0.3) is 0 Å². The molecule has 0 bridgehead atoms. The molecule has 0 spiro atoms. The molecule has 0 saturated carbocycles. The van der Waals surface area contributed by atoms with E-state index in [0.29, 0.717) is 31.2 Å². The summed E-state index contributed by atoms with van der Waals surface area (Å²) in [5.41, 5.74) is 1.75. The molecule has 0 radical (unpaired) electrons. The van der Waals surface area contributed by atoms with Gasteiger partial charge in [0.1, 0.15) is 5.82 Å². The monoisotopic (exact) mass is 370 g/mol. The molecule has 6 heteroatoms. The van der Waals surface area contributed by atoms with Crippen molar-refractivity contribution in [2.24, 2.45) is 5.92 Å². The zero-order valence-corrected chi connectivity index (χ0v) is 15.1. The van der Waals surface area contributed by atoms with E-state index in [2.05, 4.69) is 5.32 Å². The van der Waals surface area contributed by atoms with E-state index < -0.39 is 0 Å². The number of amides is 1. The van der Waals surface area contributed by atoms with Crippen LogP contribution in [0.1, 0.15) is 24.0 Å². The SMILES string of the molecule is O=C(C[C@H]1CCNC1)N(Cc1cccc(F)c1)Cc1ccc2c(c1)OCO2. The quantitative estimate of drug-likeness (QED) is 0.849. The van der Waals surface area contributed by atoms with Gasteiger partial charge in [0.15, 0.2) is 11.5 Å². The van der Waals surface area contributed by atoms with E-state index in [9.17, 15) is 9.18 Å². The summed E-state index contributed by atoms with van der Waals surface area (Å²) in [6.45, 7) is 2.89. The van der Waals surface area contributed by atoms with Crippen molar-refractivity contribution >= 4 is 5.91 Å². The second-order valence-corrected chi connectivity index (χ2v) is 7.13. The van der Waals surface area contributed by atoms with Crippen molar-refractivity contribution in [2.75, 3.05) is 19.9 Å². The Kier molecular flexibility index (Phi) is 5.25. The Morgan fingerprint density at radius 1 is 1.11 bits per heavy atom. The minimum absolute atomic E-state index is 0.0885. The zero-order valence-electron chi connectivity index (χ0n) is 15.1. The molecule has 27 heavy (non-hydrogen) atoms. The van der Waals surface area contributed by atoms with Gasteiger partial charge in [0.2, 0.25) is 12.7 Å². The molecule has 2 aliphatic rings. The van der Waals surface area contributed by atoms with Crippen LogP contribution in [0, 0.1) is 11.7 Å². The van der Waals surface area contributed by atoms with Crippen molar-refractivity contribution in [3.8, 4) is 11.5 Å². The molecule has 5 nitrogen and oxygen atoms in total. The highest BCUT2D eigenvalue weighted by Crippen LogP contribution is 2.33. The third-order valence-electron chi connectivity index (χ3n) is 5.05. The maximum atomic E-state index is 13.6. The van der Waals surface area contributed by atoms with Gasteiger partial charge in [0.25, 0.3) is 0 Å². The molecule has 1 amide bonds. The summed E-state index contributed by atoms with van der Waals surface area (Å²) >= 11 is 0. The molecule has 2 aromatic rings. The Morgan fingerprint density at radius 3 is 2.70 bits per heavy atom. The number of fused-ring (bicyclic) bond motifs is 1. The van der Waals surface area contributed by atoms with Crippen molar-refractivity contribution in [2.45, 2.75) is 25.9 Å². The Hall–Kier alpha value is -2.60. The van der Waals surface area contributed by atoms with Crippen LogP contribution in [0.3, 0.4) is 0 Å². The van der Waals surface area contributed by atoms with Crippen LogP contribution in [0.15, 0.2) is 42.5 Å². The van der Waals surface area contributed by atoms with Gasteiger partial charge in [-0.15, -0.1) is 0 Å². The van der Waals surface area contributed by atoms with Crippen molar-refractivity contribution in [1.82, 2.24) is 10.2 Å². The van der Waals surface area contributed by atoms with E-state index in [4.69, 9.17) is 9.47 Å². The zero-order chi connectivity index (χ0) is 18.6. The average Bonchev–Trinajstić information content (AvgIpc) is 3.32. The van der Waals surface area contributed by atoms with E-state index >= 15 is 0 Å². The van der Waals surface area contributed by atoms with Crippen molar-refractivity contribution in [3.63, 3.8) is 0 Å². The summed E-state index contributed by atoms with van der Waals surface area (Å²) < 4.78 is 24.4. The predicted octanol–water partition coefficient (Wildman–Crippen LogP) is 3.08. The number of ether oxygens (including phenoxy) is 2. The normalized spacial score (nSPS) is 17.9. The van der Waals surface area contributed by atoms with Gasteiger partial charge in [-0.05, 0) is 60.8 Å². The first-order chi connectivity index (χ1) is 13.2. The fourth-order valence-corrected chi connectivity index (χ4v) is 3.61. The molecule has 142 valence electrons. The Bertz CT molecular complexity index is 821. The molecule has 0 aliphatic carbocycles. The molecular weight excluding hydrogens is 347 g/mol. The van der Waals surface area contributed by atoms with Gasteiger partial charge in [0, 0.05) is 19.5 Å². The van der Waals surface area contributed by atoms with Crippen molar-refractivity contribution in [3.05, 3.63) is 59.4 Å². The lowest BCUT2D eigenvalue weighted by molar-refractivity contribution is -0.133. The molecule has 2 aliphatic heterocycles. The summed E-state index contributed by atoms with van der Waals surface area (Å²) in [5, 5.41) is 3.30. The van der Waals surface area contributed by atoms with Gasteiger partial charge in [-0.25, -0.2) is 4.39 Å². The number of carbonyl (C=O) groups excluding carboxylic acids is 1. The van der Waals surface area contributed by atoms with E-state index in [0.717, 1.165) is 36.4 Å². The Balaban J connectivity index is 1.51. The molecule has 2 heterocycles. The van der Waals surface area contributed by atoms with Gasteiger partial charge in [-0.2, -0.15) is 0 Å². The van der Waals surface area contributed by atoms with Crippen molar-refractivity contribution < 1.29 is 18.7 Å².